The van der Waals surface area contributed by atoms with Gasteiger partial charge < -0.3 is 10.2 Å². The van der Waals surface area contributed by atoms with Crippen molar-refractivity contribution < 1.29 is 22.8 Å². The van der Waals surface area contributed by atoms with Crippen molar-refractivity contribution >= 4 is 23.2 Å². The van der Waals surface area contributed by atoms with E-state index in [0.717, 1.165) is 17.7 Å². The SMILES string of the molecule is CCN(C(=O)C(=O)Nc1ccccc1C(F)(F)F)c1cccc(C)c1. The summed E-state index contributed by atoms with van der Waals surface area (Å²) in [5.41, 5.74) is -0.0540. The van der Waals surface area contributed by atoms with E-state index in [1.807, 2.05) is 13.0 Å². The van der Waals surface area contributed by atoms with Crippen molar-refractivity contribution in [3.05, 3.63) is 59.7 Å². The lowest BCUT2D eigenvalue weighted by Gasteiger charge is -2.21. The lowest BCUT2D eigenvalue weighted by atomic mass is 10.1. The maximum absolute atomic E-state index is 13.0. The average molecular weight is 350 g/mol. The molecule has 132 valence electrons. The number of hydrogen-bond acceptors (Lipinski definition) is 2. The largest absolute Gasteiger partial charge is 0.418 e. The molecule has 4 nitrogen and oxygen atoms in total. The molecule has 0 bridgehead atoms. The van der Waals surface area contributed by atoms with E-state index in [4.69, 9.17) is 0 Å². The zero-order chi connectivity index (χ0) is 18.6. The number of hydrogen-bond donors (Lipinski definition) is 1. The number of carbonyl (C=O) groups excluding carboxylic acids is 2. The van der Waals surface area contributed by atoms with Crippen LogP contribution in [0.25, 0.3) is 0 Å². The van der Waals surface area contributed by atoms with Gasteiger partial charge in [-0.2, -0.15) is 13.2 Å². The molecule has 0 aliphatic carbocycles. The standard InChI is InChI=1S/C18H17F3N2O2/c1-3-23(13-8-6-7-12(2)11-13)17(25)16(24)22-15-10-5-4-9-14(15)18(19,20)21/h4-11H,3H2,1-2H3,(H,22,24). The maximum Gasteiger partial charge on any atom is 0.418 e. The molecule has 0 spiro atoms. The molecule has 0 aliphatic heterocycles. The third kappa shape index (κ3) is 4.37. The van der Waals surface area contributed by atoms with Gasteiger partial charge in [0, 0.05) is 12.2 Å². The van der Waals surface area contributed by atoms with Gasteiger partial charge in [0.1, 0.15) is 0 Å². The molecule has 1 N–H and O–H groups in total. The van der Waals surface area contributed by atoms with Crippen molar-refractivity contribution in [1.29, 1.82) is 0 Å². The quantitative estimate of drug-likeness (QED) is 0.851. The summed E-state index contributed by atoms with van der Waals surface area (Å²) < 4.78 is 39.0. The fourth-order valence-corrected chi connectivity index (χ4v) is 2.38. The van der Waals surface area contributed by atoms with Gasteiger partial charge in [0.2, 0.25) is 0 Å². The number of anilines is 2. The second-order valence-electron chi connectivity index (χ2n) is 5.39. The van der Waals surface area contributed by atoms with E-state index in [0.29, 0.717) is 5.69 Å². The van der Waals surface area contributed by atoms with E-state index < -0.39 is 29.2 Å². The number of carbonyl (C=O) groups is 2. The van der Waals surface area contributed by atoms with Crippen LogP contribution >= 0.6 is 0 Å². The molecule has 0 saturated carbocycles. The van der Waals surface area contributed by atoms with Crippen LogP contribution < -0.4 is 10.2 Å². The van der Waals surface area contributed by atoms with Crippen molar-refractivity contribution in [3.63, 3.8) is 0 Å². The van der Waals surface area contributed by atoms with E-state index in [2.05, 4.69) is 5.32 Å². The lowest BCUT2D eigenvalue weighted by molar-refractivity contribution is -0.137. The smallest absolute Gasteiger partial charge is 0.317 e. The Hall–Kier alpha value is -2.83. The number of likely N-dealkylation sites (N-methyl/N-ethyl adjacent to an activating group) is 1. The highest BCUT2D eigenvalue weighted by Gasteiger charge is 2.34. The number of nitrogens with zero attached hydrogens (tertiary/aromatic N) is 1. The summed E-state index contributed by atoms with van der Waals surface area (Å²) in [6.45, 7) is 3.72. The Balaban J connectivity index is 2.25. The van der Waals surface area contributed by atoms with Gasteiger partial charge in [-0.15, -0.1) is 0 Å². The maximum atomic E-state index is 13.0. The molecular weight excluding hydrogens is 333 g/mol. The Morgan fingerprint density at radius 2 is 1.76 bits per heavy atom. The number of para-hydroxylation sites is 1. The number of benzene rings is 2. The molecule has 0 atom stereocenters. The van der Waals surface area contributed by atoms with Crippen LogP contribution in [0.1, 0.15) is 18.1 Å². The van der Waals surface area contributed by atoms with Crippen LogP contribution in [0.3, 0.4) is 0 Å². The Morgan fingerprint density at radius 3 is 2.36 bits per heavy atom. The van der Waals surface area contributed by atoms with Crippen molar-refractivity contribution in [2.45, 2.75) is 20.0 Å². The highest BCUT2D eigenvalue weighted by molar-refractivity contribution is 6.44. The van der Waals surface area contributed by atoms with Gasteiger partial charge in [0.25, 0.3) is 0 Å². The lowest BCUT2D eigenvalue weighted by Crippen LogP contribution is -2.40. The fourth-order valence-electron chi connectivity index (χ4n) is 2.38. The molecule has 2 amide bonds. The first-order valence-electron chi connectivity index (χ1n) is 7.59. The summed E-state index contributed by atoms with van der Waals surface area (Å²) in [6.07, 6.45) is -4.63. The first-order chi connectivity index (χ1) is 11.7. The van der Waals surface area contributed by atoms with Gasteiger partial charge in [0.05, 0.1) is 11.3 Å². The molecule has 7 heteroatoms. The van der Waals surface area contributed by atoms with Gasteiger partial charge in [-0.1, -0.05) is 24.3 Å². The van der Waals surface area contributed by atoms with E-state index in [-0.39, 0.29) is 6.54 Å². The highest BCUT2D eigenvalue weighted by atomic mass is 19.4. The van der Waals surface area contributed by atoms with E-state index in [9.17, 15) is 22.8 Å². The molecule has 0 radical (unpaired) electrons. The minimum absolute atomic E-state index is 0.205. The van der Waals surface area contributed by atoms with Crippen LogP contribution in [-0.4, -0.2) is 18.4 Å². The molecule has 25 heavy (non-hydrogen) atoms. The zero-order valence-electron chi connectivity index (χ0n) is 13.7. The summed E-state index contributed by atoms with van der Waals surface area (Å²) in [6, 6.07) is 11.5. The van der Waals surface area contributed by atoms with Crippen LogP contribution in [-0.2, 0) is 15.8 Å². The summed E-state index contributed by atoms with van der Waals surface area (Å²) in [5.74, 6) is -2.05. The van der Waals surface area contributed by atoms with Crippen molar-refractivity contribution in [2.75, 3.05) is 16.8 Å². The number of nitrogens with one attached hydrogen (secondary N) is 1. The molecule has 0 fully saturated rings. The van der Waals surface area contributed by atoms with Gasteiger partial charge in [-0.05, 0) is 43.7 Å². The minimum atomic E-state index is -4.63. The molecule has 0 saturated heterocycles. The third-order valence-electron chi connectivity index (χ3n) is 3.55. The molecule has 0 unspecified atom stereocenters. The summed E-state index contributed by atoms with van der Waals surface area (Å²) in [7, 11) is 0. The minimum Gasteiger partial charge on any atom is -0.317 e. The average Bonchev–Trinajstić information content (AvgIpc) is 2.55. The van der Waals surface area contributed by atoms with Gasteiger partial charge >= 0.3 is 18.0 Å². The number of amides is 2. The molecule has 0 heterocycles. The van der Waals surface area contributed by atoms with E-state index in [1.165, 1.54) is 17.0 Å². The third-order valence-corrected chi connectivity index (χ3v) is 3.55. The van der Waals surface area contributed by atoms with E-state index in [1.54, 1.807) is 25.1 Å². The fraction of sp³-hybridized carbons (Fsp3) is 0.222. The van der Waals surface area contributed by atoms with E-state index >= 15 is 0 Å². The number of halogens is 3. The Morgan fingerprint density at radius 1 is 1.08 bits per heavy atom. The van der Waals surface area contributed by atoms with Crippen LogP contribution in [0, 0.1) is 6.92 Å². The summed E-state index contributed by atoms with van der Waals surface area (Å²) in [4.78, 5) is 25.8. The normalized spacial score (nSPS) is 11.1. The number of aryl methyl sites for hydroxylation is 1. The van der Waals surface area contributed by atoms with Crippen molar-refractivity contribution in [2.24, 2.45) is 0 Å². The van der Waals surface area contributed by atoms with Crippen LogP contribution in [0.4, 0.5) is 24.5 Å². The second-order valence-corrected chi connectivity index (χ2v) is 5.39. The Labute approximate surface area is 143 Å². The number of alkyl halides is 3. The first kappa shape index (κ1) is 18.5. The summed E-state index contributed by atoms with van der Waals surface area (Å²) in [5, 5.41) is 2.07. The number of rotatable bonds is 3. The second kappa shape index (κ2) is 7.38. The predicted molar refractivity (Wildman–Crippen MR) is 89.3 cm³/mol. The van der Waals surface area contributed by atoms with Gasteiger partial charge in [0.15, 0.2) is 0 Å². The highest BCUT2D eigenvalue weighted by Crippen LogP contribution is 2.34. The molecular formula is C18H17F3N2O2. The first-order valence-corrected chi connectivity index (χ1v) is 7.59. The van der Waals surface area contributed by atoms with Crippen molar-refractivity contribution in [1.82, 2.24) is 0 Å². The molecule has 2 aromatic carbocycles. The predicted octanol–water partition coefficient (Wildman–Crippen LogP) is 4.01. The van der Waals surface area contributed by atoms with Gasteiger partial charge in [-0.25, -0.2) is 0 Å². The van der Waals surface area contributed by atoms with Gasteiger partial charge in [-0.3, -0.25) is 9.59 Å². The topological polar surface area (TPSA) is 49.4 Å². The molecule has 2 aromatic rings. The molecule has 0 aliphatic rings. The Bertz CT molecular complexity index is 788. The summed E-state index contributed by atoms with van der Waals surface area (Å²) >= 11 is 0. The zero-order valence-corrected chi connectivity index (χ0v) is 13.7. The van der Waals surface area contributed by atoms with Crippen LogP contribution in [0.5, 0.6) is 0 Å². The van der Waals surface area contributed by atoms with Crippen LogP contribution in [0.15, 0.2) is 48.5 Å². The molecule has 2 rings (SSSR count). The van der Waals surface area contributed by atoms with Crippen LogP contribution in [0.2, 0.25) is 0 Å². The molecule has 0 aromatic heterocycles. The Kier molecular flexibility index (Phi) is 5.46. The monoisotopic (exact) mass is 350 g/mol. The van der Waals surface area contributed by atoms with Crippen molar-refractivity contribution in [3.8, 4) is 0 Å².